The SMILES string of the molecule is Cc1cnc(C(=O)N2CCC[C@@H](C(=O)NCc3ccccn3)C2)cn1. The fourth-order valence-electron chi connectivity index (χ4n) is 2.87. The van der Waals surface area contributed by atoms with Gasteiger partial charge in [-0.15, -0.1) is 0 Å². The number of piperidine rings is 1. The molecule has 7 nitrogen and oxygen atoms in total. The molecule has 0 aliphatic carbocycles. The van der Waals surface area contributed by atoms with Crippen LogP contribution in [0.25, 0.3) is 0 Å². The van der Waals surface area contributed by atoms with Crippen molar-refractivity contribution in [1.82, 2.24) is 25.2 Å². The highest BCUT2D eigenvalue weighted by Gasteiger charge is 2.29. The lowest BCUT2D eigenvalue weighted by atomic mass is 9.97. The summed E-state index contributed by atoms with van der Waals surface area (Å²) in [6, 6.07) is 5.59. The smallest absolute Gasteiger partial charge is 0.274 e. The molecule has 1 N–H and O–H groups in total. The molecule has 7 heteroatoms. The summed E-state index contributed by atoms with van der Waals surface area (Å²) < 4.78 is 0. The van der Waals surface area contributed by atoms with Crippen LogP contribution in [0.2, 0.25) is 0 Å². The highest BCUT2D eigenvalue weighted by molar-refractivity contribution is 5.92. The van der Waals surface area contributed by atoms with Crippen LogP contribution in [-0.4, -0.2) is 44.8 Å². The number of aryl methyl sites for hydroxylation is 1. The molecular formula is C18H21N5O2. The molecule has 2 amide bonds. The topological polar surface area (TPSA) is 88.1 Å². The van der Waals surface area contributed by atoms with Crippen molar-refractivity contribution >= 4 is 11.8 Å². The average molecular weight is 339 g/mol. The molecule has 0 spiro atoms. The Bertz CT molecular complexity index is 733. The fraction of sp³-hybridized carbons (Fsp3) is 0.389. The van der Waals surface area contributed by atoms with Crippen molar-refractivity contribution in [3.05, 3.63) is 53.9 Å². The first-order chi connectivity index (χ1) is 12.1. The minimum atomic E-state index is -0.209. The third-order valence-corrected chi connectivity index (χ3v) is 4.25. The van der Waals surface area contributed by atoms with E-state index < -0.39 is 0 Å². The van der Waals surface area contributed by atoms with Gasteiger partial charge >= 0.3 is 0 Å². The van der Waals surface area contributed by atoms with Gasteiger partial charge in [-0.3, -0.25) is 19.6 Å². The molecule has 1 saturated heterocycles. The summed E-state index contributed by atoms with van der Waals surface area (Å²) in [4.78, 5) is 39.1. The number of hydrogen-bond acceptors (Lipinski definition) is 5. The highest BCUT2D eigenvalue weighted by Crippen LogP contribution is 2.18. The van der Waals surface area contributed by atoms with Gasteiger partial charge in [0.15, 0.2) is 0 Å². The van der Waals surface area contributed by atoms with Gasteiger partial charge in [0.25, 0.3) is 5.91 Å². The van der Waals surface area contributed by atoms with Gasteiger partial charge in [-0.2, -0.15) is 0 Å². The summed E-state index contributed by atoms with van der Waals surface area (Å²) in [7, 11) is 0. The van der Waals surface area contributed by atoms with Gasteiger partial charge in [0.1, 0.15) is 5.69 Å². The Morgan fingerprint density at radius 1 is 1.24 bits per heavy atom. The summed E-state index contributed by atoms with van der Waals surface area (Å²) in [5, 5.41) is 2.91. The Hall–Kier alpha value is -2.83. The number of nitrogens with one attached hydrogen (secondary N) is 1. The molecule has 0 bridgehead atoms. The van der Waals surface area contributed by atoms with Crippen molar-refractivity contribution in [3.63, 3.8) is 0 Å². The van der Waals surface area contributed by atoms with Gasteiger partial charge in [0.05, 0.1) is 30.0 Å². The third-order valence-electron chi connectivity index (χ3n) is 4.25. The van der Waals surface area contributed by atoms with E-state index in [1.54, 1.807) is 17.3 Å². The molecule has 0 radical (unpaired) electrons. The predicted molar refractivity (Wildman–Crippen MR) is 91.5 cm³/mol. The van der Waals surface area contributed by atoms with Crippen LogP contribution in [0, 0.1) is 12.8 Å². The number of likely N-dealkylation sites (tertiary alicyclic amines) is 1. The first-order valence-corrected chi connectivity index (χ1v) is 8.39. The average Bonchev–Trinajstić information content (AvgIpc) is 2.67. The van der Waals surface area contributed by atoms with Crippen molar-refractivity contribution in [2.45, 2.75) is 26.3 Å². The molecule has 25 heavy (non-hydrogen) atoms. The van der Waals surface area contributed by atoms with Gasteiger partial charge in [0.2, 0.25) is 5.91 Å². The monoisotopic (exact) mass is 339 g/mol. The van der Waals surface area contributed by atoms with Crippen LogP contribution in [-0.2, 0) is 11.3 Å². The minimum absolute atomic E-state index is 0.0434. The molecule has 130 valence electrons. The van der Waals surface area contributed by atoms with Crippen molar-refractivity contribution in [2.24, 2.45) is 5.92 Å². The van der Waals surface area contributed by atoms with Crippen molar-refractivity contribution in [3.8, 4) is 0 Å². The van der Waals surface area contributed by atoms with Crippen LogP contribution in [0.15, 0.2) is 36.8 Å². The number of rotatable bonds is 4. The second kappa shape index (κ2) is 7.83. The van der Waals surface area contributed by atoms with Gasteiger partial charge in [-0.25, -0.2) is 4.98 Å². The molecule has 1 fully saturated rings. The van der Waals surface area contributed by atoms with Crippen molar-refractivity contribution in [2.75, 3.05) is 13.1 Å². The zero-order valence-corrected chi connectivity index (χ0v) is 14.2. The molecule has 0 aromatic carbocycles. The van der Waals surface area contributed by atoms with Crippen molar-refractivity contribution in [1.29, 1.82) is 0 Å². The van der Waals surface area contributed by atoms with Crippen LogP contribution in [0.1, 0.15) is 34.7 Å². The summed E-state index contributed by atoms with van der Waals surface area (Å²) in [6.07, 6.45) is 6.34. The number of carbonyl (C=O) groups excluding carboxylic acids is 2. The number of carbonyl (C=O) groups is 2. The maximum Gasteiger partial charge on any atom is 0.274 e. The van der Waals surface area contributed by atoms with Gasteiger partial charge in [-0.1, -0.05) is 6.07 Å². The lowest BCUT2D eigenvalue weighted by Gasteiger charge is -2.31. The Labute approximate surface area is 146 Å². The van der Waals surface area contributed by atoms with E-state index in [9.17, 15) is 9.59 Å². The molecule has 1 aliphatic heterocycles. The number of pyridine rings is 1. The quantitative estimate of drug-likeness (QED) is 0.908. The standard InChI is InChI=1S/C18H21N5O2/c1-13-9-21-16(11-20-13)18(25)23-8-4-5-14(12-23)17(24)22-10-15-6-2-3-7-19-15/h2-3,6-7,9,11,14H,4-5,8,10,12H2,1H3,(H,22,24)/t14-/m1/s1. The predicted octanol–water partition coefficient (Wildman–Crippen LogP) is 1.35. The molecular weight excluding hydrogens is 318 g/mol. The van der Waals surface area contributed by atoms with E-state index in [0.29, 0.717) is 25.3 Å². The molecule has 3 heterocycles. The molecule has 1 aliphatic rings. The maximum absolute atomic E-state index is 12.5. The lowest BCUT2D eigenvalue weighted by molar-refractivity contribution is -0.126. The number of hydrogen-bond donors (Lipinski definition) is 1. The maximum atomic E-state index is 12.5. The Morgan fingerprint density at radius 2 is 2.12 bits per heavy atom. The van der Waals surface area contributed by atoms with E-state index in [1.807, 2.05) is 25.1 Å². The lowest BCUT2D eigenvalue weighted by Crippen LogP contribution is -2.45. The van der Waals surface area contributed by atoms with E-state index in [4.69, 9.17) is 0 Å². The van der Waals surface area contributed by atoms with E-state index in [1.165, 1.54) is 6.20 Å². The van der Waals surface area contributed by atoms with Crippen LogP contribution >= 0.6 is 0 Å². The number of aromatic nitrogens is 3. The van der Waals surface area contributed by atoms with Crippen molar-refractivity contribution < 1.29 is 9.59 Å². The van der Waals surface area contributed by atoms with Crippen LogP contribution in [0.5, 0.6) is 0 Å². The van der Waals surface area contributed by atoms with Crippen LogP contribution < -0.4 is 5.32 Å². The Morgan fingerprint density at radius 3 is 2.84 bits per heavy atom. The number of nitrogens with zero attached hydrogens (tertiary/aromatic N) is 4. The second-order valence-electron chi connectivity index (χ2n) is 6.17. The largest absolute Gasteiger partial charge is 0.350 e. The zero-order chi connectivity index (χ0) is 17.6. The normalized spacial score (nSPS) is 17.2. The Balaban J connectivity index is 1.57. The third kappa shape index (κ3) is 4.37. The highest BCUT2D eigenvalue weighted by atomic mass is 16.2. The first-order valence-electron chi connectivity index (χ1n) is 8.39. The molecule has 0 saturated carbocycles. The van der Waals surface area contributed by atoms with Crippen LogP contribution in [0.4, 0.5) is 0 Å². The molecule has 2 aromatic heterocycles. The fourth-order valence-corrected chi connectivity index (χ4v) is 2.87. The minimum Gasteiger partial charge on any atom is -0.350 e. The summed E-state index contributed by atoms with van der Waals surface area (Å²) in [5.41, 5.74) is 1.90. The van der Waals surface area contributed by atoms with Gasteiger partial charge < -0.3 is 10.2 Å². The molecule has 1 atom stereocenters. The van der Waals surface area contributed by atoms with Crippen LogP contribution in [0.3, 0.4) is 0 Å². The first kappa shape index (κ1) is 17.0. The summed E-state index contributed by atoms with van der Waals surface area (Å²) in [5.74, 6) is -0.423. The summed E-state index contributed by atoms with van der Waals surface area (Å²) >= 11 is 0. The molecule has 2 aromatic rings. The van der Waals surface area contributed by atoms with Gasteiger partial charge in [0, 0.05) is 25.5 Å². The number of amides is 2. The van der Waals surface area contributed by atoms with Gasteiger partial charge in [-0.05, 0) is 31.9 Å². The van der Waals surface area contributed by atoms with E-state index in [2.05, 4.69) is 20.3 Å². The summed E-state index contributed by atoms with van der Waals surface area (Å²) in [6.45, 7) is 3.26. The zero-order valence-electron chi connectivity index (χ0n) is 14.2. The van der Waals surface area contributed by atoms with E-state index >= 15 is 0 Å². The Kier molecular flexibility index (Phi) is 5.33. The molecule has 3 rings (SSSR count). The van der Waals surface area contributed by atoms with E-state index in [0.717, 1.165) is 24.2 Å². The van der Waals surface area contributed by atoms with E-state index in [-0.39, 0.29) is 17.7 Å². The molecule has 0 unspecified atom stereocenters. The second-order valence-corrected chi connectivity index (χ2v) is 6.17.